The molecule has 0 spiro atoms. The van der Waals surface area contributed by atoms with Crippen molar-refractivity contribution in [1.82, 2.24) is 0 Å². The van der Waals surface area contributed by atoms with Crippen LogP contribution in [0.5, 0.6) is 0 Å². The number of rotatable bonds is 12. The Balaban J connectivity index is 1.45. The third-order valence-electron chi connectivity index (χ3n) is 7.44. The van der Waals surface area contributed by atoms with E-state index in [4.69, 9.17) is 0 Å². The second-order valence-corrected chi connectivity index (χ2v) is 9.81. The Labute approximate surface area is 165 Å². The molecule has 0 saturated heterocycles. The highest BCUT2D eigenvalue weighted by Gasteiger charge is 2.49. The number of hydrogen-bond donors (Lipinski definition) is 1. The minimum absolute atomic E-state index is 0.343. The highest BCUT2D eigenvalue weighted by molar-refractivity contribution is 5.77. The number of carboxylic acids is 1. The van der Waals surface area contributed by atoms with Crippen LogP contribution in [0.2, 0.25) is 0 Å². The van der Waals surface area contributed by atoms with Crippen molar-refractivity contribution in [2.75, 3.05) is 0 Å². The second-order valence-electron chi connectivity index (χ2n) is 9.81. The van der Waals surface area contributed by atoms with Crippen molar-refractivity contribution in [3.8, 4) is 0 Å². The van der Waals surface area contributed by atoms with E-state index in [1.807, 2.05) is 0 Å². The molecule has 0 unspecified atom stereocenters. The van der Waals surface area contributed by atoms with Crippen LogP contribution in [0, 0.1) is 24.7 Å². The average Bonchev–Trinajstić information content (AvgIpc) is 3.54. The molecule has 27 heavy (non-hydrogen) atoms. The van der Waals surface area contributed by atoms with Gasteiger partial charge in [0.25, 0.3) is 0 Å². The predicted octanol–water partition coefficient (Wildman–Crippen LogP) is 6.78. The summed E-state index contributed by atoms with van der Waals surface area (Å²) in [5, 5.41) is 9.29. The standard InChI is InChI=1S/C25H38O2/c1-19-11-12-21(9-5-4-7-14-25(17-18-25)23(26)27)22(20(19)2)10-6-8-13-24(3)15-16-24/h11-12H,4-10,13-18H2,1-3H3,(H,26,27). The summed E-state index contributed by atoms with van der Waals surface area (Å²) >= 11 is 0. The van der Waals surface area contributed by atoms with Gasteiger partial charge in [-0.25, -0.2) is 0 Å². The summed E-state index contributed by atoms with van der Waals surface area (Å²) in [5.74, 6) is -0.570. The van der Waals surface area contributed by atoms with Crippen molar-refractivity contribution in [1.29, 1.82) is 0 Å². The van der Waals surface area contributed by atoms with Crippen LogP contribution in [-0.2, 0) is 17.6 Å². The van der Waals surface area contributed by atoms with E-state index in [1.165, 1.54) is 61.6 Å². The van der Waals surface area contributed by atoms with Crippen LogP contribution >= 0.6 is 0 Å². The van der Waals surface area contributed by atoms with Gasteiger partial charge in [0.05, 0.1) is 5.41 Å². The highest BCUT2D eigenvalue weighted by Crippen LogP contribution is 2.50. The first-order valence-corrected chi connectivity index (χ1v) is 11.2. The Bertz CT molecular complexity index is 665. The summed E-state index contributed by atoms with van der Waals surface area (Å²) in [5.41, 5.74) is 6.38. The first kappa shape index (κ1) is 20.4. The van der Waals surface area contributed by atoms with Gasteiger partial charge in [-0.15, -0.1) is 0 Å². The van der Waals surface area contributed by atoms with Crippen LogP contribution in [0.4, 0.5) is 0 Å². The molecule has 2 nitrogen and oxygen atoms in total. The van der Waals surface area contributed by atoms with Crippen molar-refractivity contribution in [3.05, 3.63) is 34.4 Å². The topological polar surface area (TPSA) is 37.3 Å². The Kier molecular flexibility index (Phi) is 6.33. The third kappa shape index (κ3) is 5.36. The Morgan fingerprint density at radius 2 is 1.59 bits per heavy atom. The number of aliphatic carboxylic acids is 1. The van der Waals surface area contributed by atoms with Gasteiger partial charge >= 0.3 is 5.97 Å². The fourth-order valence-corrected chi connectivity index (χ4v) is 4.51. The maximum atomic E-state index is 11.3. The van der Waals surface area contributed by atoms with E-state index in [0.29, 0.717) is 5.41 Å². The van der Waals surface area contributed by atoms with E-state index in [-0.39, 0.29) is 5.41 Å². The molecule has 0 heterocycles. The van der Waals surface area contributed by atoms with Crippen molar-refractivity contribution < 1.29 is 9.90 Å². The van der Waals surface area contributed by atoms with E-state index >= 15 is 0 Å². The number of unbranched alkanes of at least 4 members (excludes halogenated alkanes) is 3. The quantitative estimate of drug-likeness (QED) is 0.412. The molecule has 2 fully saturated rings. The van der Waals surface area contributed by atoms with Crippen molar-refractivity contribution in [3.63, 3.8) is 0 Å². The van der Waals surface area contributed by atoms with Gasteiger partial charge in [0, 0.05) is 0 Å². The molecule has 0 amide bonds. The number of carboxylic acid groups (broad SMARTS) is 1. The molecule has 0 radical (unpaired) electrons. The van der Waals surface area contributed by atoms with Gasteiger partial charge in [0.1, 0.15) is 0 Å². The molecule has 1 aromatic carbocycles. The van der Waals surface area contributed by atoms with Gasteiger partial charge in [0.15, 0.2) is 0 Å². The fourth-order valence-electron chi connectivity index (χ4n) is 4.51. The van der Waals surface area contributed by atoms with E-state index in [9.17, 15) is 9.90 Å². The van der Waals surface area contributed by atoms with Gasteiger partial charge in [-0.1, -0.05) is 38.3 Å². The van der Waals surface area contributed by atoms with Gasteiger partial charge in [-0.3, -0.25) is 4.79 Å². The van der Waals surface area contributed by atoms with E-state index in [0.717, 1.165) is 38.5 Å². The third-order valence-corrected chi connectivity index (χ3v) is 7.44. The smallest absolute Gasteiger partial charge is 0.309 e. The summed E-state index contributed by atoms with van der Waals surface area (Å²) in [7, 11) is 0. The van der Waals surface area contributed by atoms with E-state index in [1.54, 1.807) is 5.56 Å². The van der Waals surface area contributed by atoms with Gasteiger partial charge < -0.3 is 5.11 Å². The first-order chi connectivity index (χ1) is 12.9. The highest BCUT2D eigenvalue weighted by atomic mass is 16.4. The summed E-state index contributed by atoms with van der Waals surface area (Å²) in [6, 6.07) is 4.63. The maximum Gasteiger partial charge on any atom is 0.309 e. The molecule has 1 aromatic rings. The molecule has 3 rings (SSSR count). The minimum atomic E-state index is -0.570. The molecule has 0 bridgehead atoms. The van der Waals surface area contributed by atoms with E-state index in [2.05, 4.69) is 32.9 Å². The van der Waals surface area contributed by atoms with Crippen molar-refractivity contribution in [2.24, 2.45) is 10.8 Å². The Morgan fingerprint density at radius 3 is 2.22 bits per heavy atom. The zero-order valence-corrected chi connectivity index (χ0v) is 17.7. The molecule has 0 aromatic heterocycles. The lowest BCUT2D eigenvalue weighted by molar-refractivity contribution is -0.143. The summed E-state index contributed by atoms with van der Waals surface area (Å²) in [6.07, 6.45) is 15.4. The van der Waals surface area contributed by atoms with Crippen molar-refractivity contribution in [2.45, 2.75) is 104 Å². The lowest BCUT2D eigenvalue weighted by Crippen LogP contribution is -2.14. The molecule has 1 N–H and O–H groups in total. The van der Waals surface area contributed by atoms with E-state index < -0.39 is 5.97 Å². The largest absolute Gasteiger partial charge is 0.481 e. The summed E-state index contributed by atoms with van der Waals surface area (Å²) in [4.78, 5) is 11.3. The van der Waals surface area contributed by atoms with Crippen LogP contribution < -0.4 is 0 Å². The molecule has 2 saturated carbocycles. The molecule has 0 aliphatic heterocycles. The summed E-state index contributed by atoms with van der Waals surface area (Å²) < 4.78 is 0. The minimum Gasteiger partial charge on any atom is -0.481 e. The predicted molar refractivity (Wildman–Crippen MR) is 112 cm³/mol. The van der Waals surface area contributed by atoms with Gasteiger partial charge in [0.2, 0.25) is 0 Å². The summed E-state index contributed by atoms with van der Waals surface area (Å²) in [6.45, 7) is 6.96. The lowest BCUT2D eigenvalue weighted by atomic mass is 9.89. The lowest BCUT2D eigenvalue weighted by Gasteiger charge is -2.16. The Hall–Kier alpha value is -1.31. The Morgan fingerprint density at radius 1 is 0.926 bits per heavy atom. The van der Waals surface area contributed by atoms with Crippen LogP contribution in [-0.4, -0.2) is 11.1 Å². The zero-order valence-electron chi connectivity index (χ0n) is 17.7. The van der Waals surface area contributed by atoms with Crippen LogP contribution in [0.25, 0.3) is 0 Å². The molecular weight excluding hydrogens is 332 g/mol. The van der Waals surface area contributed by atoms with Crippen LogP contribution in [0.1, 0.15) is 99.8 Å². The fraction of sp³-hybridized carbons (Fsp3) is 0.720. The molecule has 2 aliphatic rings. The first-order valence-electron chi connectivity index (χ1n) is 11.2. The number of benzene rings is 1. The normalized spacial score (nSPS) is 19.1. The SMILES string of the molecule is Cc1ccc(CCCCCC2(C(=O)O)CC2)c(CCCCC2(C)CC2)c1C. The number of carbonyl (C=O) groups is 1. The molecule has 2 aliphatic carbocycles. The van der Waals surface area contributed by atoms with Gasteiger partial charge in [-0.2, -0.15) is 0 Å². The second kappa shape index (κ2) is 8.37. The number of aryl methyl sites for hydroxylation is 2. The average molecular weight is 371 g/mol. The van der Waals surface area contributed by atoms with Crippen molar-refractivity contribution >= 4 is 5.97 Å². The molecule has 0 atom stereocenters. The number of hydrogen-bond acceptors (Lipinski definition) is 1. The molecular formula is C25H38O2. The van der Waals surface area contributed by atoms with Crippen LogP contribution in [0.15, 0.2) is 12.1 Å². The monoisotopic (exact) mass is 370 g/mol. The van der Waals surface area contributed by atoms with Crippen LogP contribution in [0.3, 0.4) is 0 Å². The maximum absolute atomic E-state index is 11.3. The molecule has 2 heteroatoms. The zero-order chi connectivity index (χ0) is 19.5. The van der Waals surface area contributed by atoms with Gasteiger partial charge in [-0.05, 0) is 106 Å². The molecule has 150 valence electrons.